The molecule has 0 aliphatic heterocycles. The molecule has 0 aromatic heterocycles. The minimum absolute atomic E-state index is 0.172. The van der Waals surface area contributed by atoms with E-state index in [1.165, 1.54) is 0 Å². The second kappa shape index (κ2) is 7.07. The van der Waals surface area contributed by atoms with Gasteiger partial charge in [-0.05, 0) is 28.9 Å². The molecular formula is C15H10Cl2N2O2. The van der Waals surface area contributed by atoms with Crippen LogP contribution in [0.1, 0.15) is 17.2 Å². The Labute approximate surface area is 131 Å². The quantitative estimate of drug-likeness (QED) is 0.736. The molecule has 2 aromatic rings. The molecule has 0 amide bonds. The first-order chi connectivity index (χ1) is 10.2. The molecule has 6 heteroatoms. The fourth-order valence-electron chi connectivity index (χ4n) is 1.83. The molecule has 0 bridgehead atoms. The van der Waals surface area contributed by atoms with Crippen LogP contribution < -0.4 is 4.74 Å². The van der Waals surface area contributed by atoms with Crippen LogP contribution in [0.3, 0.4) is 0 Å². The standard InChI is InChI=1S/C15H10Cl2N2O2/c16-11-5-6-15(13(17)7-11)21-9-10-3-1-2-4-12(10)14(8-18)19-20/h1-7,14H,9H2. The molecule has 0 saturated heterocycles. The van der Waals surface area contributed by atoms with Crippen molar-refractivity contribution in [1.82, 2.24) is 0 Å². The number of nitrogens with zero attached hydrogens (tertiary/aromatic N) is 2. The summed E-state index contributed by atoms with van der Waals surface area (Å²) in [6.45, 7) is 0.172. The van der Waals surface area contributed by atoms with Gasteiger partial charge in [-0.3, -0.25) is 0 Å². The third-order valence-electron chi connectivity index (χ3n) is 2.85. The minimum Gasteiger partial charge on any atom is -0.487 e. The summed E-state index contributed by atoms with van der Waals surface area (Å²) in [6, 6.07) is 12.7. The van der Waals surface area contributed by atoms with Gasteiger partial charge in [0, 0.05) is 10.6 Å². The van der Waals surface area contributed by atoms with Gasteiger partial charge in [0.2, 0.25) is 6.04 Å². The molecule has 2 rings (SSSR count). The molecule has 0 heterocycles. The first-order valence-electron chi connectivity index (χ1n) is 6.03. The van der Waals surface area contributed by atoms with E-state index in [2.05, 4.69) is 5.18 Å². The van der Waals surface area contributed by atoms with Crippen LogP contribution in [-0.4, -0.2) is 0 Å². The van der Waals surface area contributed by atoms with Crippen LogP contribution in [0, 0.1) is 16.2 Å². The second-order valence-electron chi connectivity index (χ2n) is 4.20. The molecule has 4 nitrogen and oxygen atoms in total. The predicted octanol–water partition coefficient (Wildman–Crippen LogP) is 4.90. The van der Waals surface area contributed by atoms with Crippen molar-refractivity contribution in [3.8, 4) is 11.8 Å². The van der Waals surface area contributed by atoms with Crippen molar-refractivity contribution in [3.05, 3.63) is 68.5 Å². The monoisotopic (exact) mass is 320 g/mol. The smallest absolute Gasteiger partial charge is 0.203 e. The highest BCUT2D eigenvalue weighted by Gasteiger charge is 2.15. The maximum absolute atomic E-state index is 10.7. The topological polar surface area (TPSA) is 62.5 Å². The zero-order valence-electron chi connectivity index (χ0n) is 10.8. The average Bonchev–Trinajstić information content (AvgIpc) is 2.49. The van der Waals surface area contributed by atoms with Crippen LogP contribution in [0.4, 0.5) is 0 Å². The third kappa shape index (κ3) is 3.72. The molecule has 0 aliphatic rings. The maximum Gasteiger partial charge on any atom is 0.203 e. The van der Waals surface area contributed by atoms with Gasteiger partial charge in [0.25, 0.3) is 0 Å². The molecule has 0 radical (unpaired) electrons. The van der Waals surface area contributed by atoms with Gasteiger partial charge >= 0.3 is 0 Å². The van der Waals surface area contributed by atoms with E-state index in [-0.39, 0.29) is 6.61 Å². The number of halogens is 2. The molecule has 1 unspecified atom stereocenters. The summed E-state index contributed by atoms with van der Waals surface area (Å²) >= 11 is 11.8. The van der Waals surface area contributed by atoms with Gasteiger partial charge in [-0.15, -0.1) is 4.91 Å². The lowest BCUT2D eigenvalue weighted by Crippen LogP contribution is -2.03. The lowest BCUT2D eigenvalue weighted by molar-refractivity contribution is 0.305. The van der Waals surface area contributed by atoms with Crippen LogP contribution in [0.25, 0.3) is 0 Å². The van der Waals surface area contributed by atoms with Gasteiger partial charge in [0.1, 0.15) is 12.4 Å². The van der Waals surface area contributed by atoms with Crippen molar-refractivity contribution in [1.29, 1.82) is 5.26 Å². The summed E-state index contributed by atoms with van der Waals surface area (Å²) in [5.74, 6) is 0.475. The van der Waals surface area contributed by atoms with Crippen molar-refractivity contribution in [2.24, 2.45) is 5.18 Å². The number of nitriles is 1. The van der Waals surface area contributed by atoms with E-state index in [0.29, 0.717) is 26.9 Å². The van der Waals surface area contributed by atoms with Crippen molar-refractivity contribution < 1.29 is 4.74 Å². The molecule has 0 N–H and O–H groups in total. The normalized spacial score (nSPS) is 11.5. The van der Waals surface area contributed by atoms with Gasteiger partial charge in [0.05, 0.1) is 11.1 Å². The Kier molecular flexibility index (Phi) is 5.15. The molecule has 1 atom stereocenters. The van der Waals surface area contributed by atoms with Crippen LogP contribution in [0.15, 0.2) is 47.6 Å². The number of nitroso groups, excluding NO2 is 1. The van der Waals surface area contributed by atoms with E-state index in [1.54, 1.807) is 42.5 Å². The summed E-state index contributed by atoms with van der Waals surface area (Å²) in [4.78, 5) is 10.7. The summed E-state index contributed by atoms with van der Waals surface area (Å²) in [5.41, 5.74) is 1.23. The van der Waals surface area contributed by atoms with Crippen LogP contribution >= 0.6 is 23.2 Å². The van der Waals surface area contributed by atoms with E-state index < -0.39 is 6.04 Å². The van der Waals surface area contributed by atoms with E-state index in [4.69, 9.17) is 33.2 Å². The molecule has 2 aromatic carbocycles. The molecule has 0 saturated carbocycles. The van der Waals surface area contributed by atoms with E-state index in [0.717, 1.165) is 0 Å². The van der Waals surface area contributed by atoms with E-state index in [1.807, 2.05) is 6.07 Å². The number of hydrogen-bond donors (Lipinski definition) is 0. The Morgan fingerprint density at radius 3 is 2.67 bits per heavy atom. The molecule has 21 heavy (non-hydrogen) atoms. The van der Waals surface area contributed by atoms with Gasteiger partial charge in [-0.1, -0.05) is 47.5 Å². The fraction of sp³-hybridized carbons (Fsp3) is 0.133. The molecular weight excluding hydrogens is 311 g/mol. The Balaban J connectivity index is 2.21. The number of hydrogen-bond acceptors (Lipinski definition) is 4. The minimum atomic E-state index is -1.05. The summed E-state index contributed by atoms with van der Waals surface area (Å²) in [5, 5.41) is 12.7. The number of benzene rings is 2. The highest BCUT2D eigenvalue weighted by molar-refractivity contribution is 6.35. The highest BCUT2D eigenvalue weighted by Crippen LogP contribution is 2.29. The maximum atomic E-state index is 10.7. The Hall–Kier alpha value is -2.09. The largest absolute Gasteiger partial charge is 0.487 e. The van der Waals surface area contributed by atoms with Crippen molar-refractivity contribution in [2.75, 3.05) is 0 Å². The second-order valence-corrected chi connectivity index (χ2v) is 5.04. The van der Waals surface area contributed by atoms with Crippen molar-refractivity contribution >= 4 is 23.2 Å². The van der Waals surface area contributed by atoms with E-state index >= 15 is 0 Å². The number of ether oxygens (including phenoxy) is 1. The zero-order chi connectivity index (χ0) is 15.2. The van der Waals surface area contributed by atoms with E-state index in [9.17, 15) is 4.91 Å². The van der Waals surface area contributed by atoms with Crippen LogP contribution in [0.2, 0.25) is 10.0 Å². The predicted molar refractivity (Wildman–Crippen MR) is 81.4 cm³/mol. The molecule has 0 spiro atoms. The molecule has 106 valence electrons. The lowest BCUT2D eigenvalue weighted by Gasteiger charge is -2.12. The first kappa shape index (κ1) is 15.3. The SMILES string of the molecule is N#CC(N=O)c1ccccc1COc1ccc(Cl)cc1Cl. The molecule has 0 aliphatic carbocycles. The Morgan fingerprint density at radius 1 is 1.24 bits per heavy atom. The van der Waals surface area contributed by atoms with Crippen LogP contribution in [0.5, 0.6) is 5.75 Å². The zero-order valence-corrected chi connectivity index (χ0v) is 12.3. The Bertz CT molecular complexity index is 698. The lowest BCUT2D eigenvalue weighted by atomic mass is 10.0. The van der Waals surface area contributed by atoms with Gasteiger partial charge in [0.15, 0.2) is 0 Å². The Morgan fingerprint density at radius 2 is 2.00 bits per heavy atom. The summed E-state index contributed by atoms with van der Waals surface area (Å²) < 4.78 is 5.61. The van der Waals surface area contributed by atoms with Gasteiger partial charge in [-0.25, -0.2) is 0 Å². The van der Waals surface area contributed by atoms with Crippen molar-refractivity contribution in [3.63, 3.8) is 0 Å². The third-order valence-corrected chi connectivity index (χ3v) is 3.38. The highest BCUT2D eigenvalue weighted by atomic mass is 35.5. The van der Waals surface area contributed by atoms with Crippen molar-refractivity contribution in [2.45, 2.75) is 12.6 Å². The summed E-state index contributed by atoms with van der Waals surface area (Å²) in [6.07, 6.45) is 0. The fourth-order valence-corrected chi connectivity index (χ4v) is 2.29. The first-order valence-corrected chi connectivity index (χ1v) is 6.79. The summed E-state index contributed by atoms with van der Waals surface area (Å²) in [7, 11) is 0. The average molecular weight is 321 g/mol. The van der Waals surface area contributed by atoms with Crippen LogP contribution in [-0.2, 0) is 6.61 Å². The van der Waals surface area contributed by atoms with Gasteiger partial charge < -0.3 is 4.74 Å². The van der Waals surface area contributed by atoms with Gasteiger partial charge in [-0.2, -0.15) is 5.26 Å². The number of rotatable bonds is 5. The molecule has 0 fully saturated rings.